The van der Waals surface area contributed by atoms with Crippen LogP contribution in [-0.4, -0.2) is 40.8 Å². The van der Waals surface area contributed by atoms with Crippen molar-refractivity contribution in [1.29, 1.82) is 0 Å². The van der Waals surface area contributed by atoms with E-state index in [2.05, 4.69) is 20.2 Å². The molecule has 1 aliphatic rings. The number of benzene rings is 1. The van der Waals surface area contributed by atoms with Crippen LogP contribution in [0.1, 0.15) is 12.8 Å². The molecule has 2 heterocycles. The van der Waals surface area contributed by atoms with Gasteiger partial charge in [0.05, 0.1) is 11.0 Å². The van der Waals surface area contributed by atoms with Gasteiger partial charge in [0, 0.05) is 19.6 Å². The molecule has 1 saturated heterocycles. The van der Waals surface area contributed by atoms with Gasteiger partial charge in [-0.15, -0.1) is 0 Å². The molecule has 3 rings (SSSR count). The Morgan fingerprint density at radius 3 is 2.85 bits per heavy atom. The number of para-hydroxylation sites is 2. The third-order valence-electron chi connectivity index (χ3n) is 3.83. The van der Waals surface area contributed by atoms with Crippen molar-refractivity contribution in [2.45, 2.75) is 12.8 Å². The van der Waals surface area contributed by atoms with Gasteiger partial charge in [-0.1, -0.05) is 12.1 Å². The molecule has 0 aliphatic carbocycles. The minimum absolute atomic E-state index is 0.423. The number of amides is 1. The fourth-order valence-corrected chi connectivity index (χ4v) is 2.67. The molecule has 0 radical (unpaired) electrons. The van der Waals surface area contributed by atoms with Crippen LogP contribution >= 0.6 is 0 Å². The molecule has 20 heavy (non-hydrogen) atoms. The third-order valence-corrected chi connectivity index (χ3v) is 3.83. The van der Waals surface area contributed by atoms with Crippen molar-refractivity contribution < 1.29 is 9.90 Å². The maximum Gasteiger partial charge on any atom is 0.404 e. The molecule has 1 aromatic carbocycles. The van der Waals surface area contributed by atoms with E-state index < -0.39 is 6.09 Å². The van der Waals surface area contributed by atoms with Gasteiger partial charge < -0.3 is 20.3 Å². The molecule has 1 fully saturated rings. The number of imidazole rings is 1. The van der Waals surface area contributed by atoms with Gasteiger partial charge >= 0.3 is 6.09 Å². The van der Waals surface area contributed by atoms with E-state index in [1.54, 1.807) is 0 Å². The summed E-state index contributed by atoms with van der Waals surface area (Å²) >= 11 is 0. The highest BCUT2D eigenvalue weighted by Crippen LogP contribution is 2.23. The van der Waals surface area contributed by atoms with Crippen molar-refractivity contribution in [3.05, 3.63) is 24.3 Å². The molecule has 1 amide bonds. The van der Waals surface area contributed by atoms with Gasteiger partial charge in [0.15, 0.2) is 0 Å². The van der Waals surface area contributed by atoms with Crippen molar-refractivity contribution in [3.8, 4) is 0 Å². The minimum Gasteiger partial charge on any atom is -0.465 e. The monoisotopic (exact) mass is 274 g/mol. The fraction of sp³-hybridized carbons (Fsp3) is 0.429. The number of aromatic amines is 1. The lowest BCUT2D eigenvalue weighted by molar-refractivity contribution is 0.191. The van der Waals surface area contributed by atoms with Gasteiger partial charge in [-0.2, -0.15) is 0 Å². The highest BCUT2D eigenvalue weighted by Gasteiger charge is 2.21. The van der Waals surface area contributed by atoms with Crippen LogP contribution in [0.2, 0.25) is 0 Å². The van der Waals surface area contributed by atoms with Crippen molar-refractivity contribution in [2.75, 3.05) is 24.5 Å². The largest absolute Gasteiger partial charge is 0.465 e. The first kappa shape index (κ1) is 12.8. The van der Waals surface area contributed by atoms with Gasteiger partial charge in [-0.05, 0) is 30.9 Å². The second kappa shape index (κ2) is 5.40. The molecule has 6 nitrogen and oxygen atoms in total. The van der Waals surface area contributed by atoms with Crippen LogP contribution in [0, 0.1) is 5.92 Å². The molecule has 6 heteroatoms. The number of rotatable bonds is 3. The van der Waals surface area contributed by atoms with Crippen molar-refractivity contribution in [2.24, 2.45) is 5.92 Å². The predicted octanol–water partition coefficient (Wildman–Crippen LogP) is 2.05. The highest BCUT2D eigenvalue weighted by atomic mass is 16.4. The SMILES string of the molecule is O=C(O)NCC1CCN(c2nc3ccccc3[nH]2)CC1. The minimum atomic E-state index is -0.940. The Bertz CT molecular complexity index is 569. The summed E-state index contributed by atoms with van der Waals surface area (Å²) in [5, 5.41) is 11.1. The van der Waals surface area contributed by atoms with Gasteiger partial charge in [0.25, 0.3) is 0 Å². The summed E-state index contributed by atoms with van der Waals surface area (Å²) in [5.74, 6) is 1.34. The highest BCUT2D eigenvalue weighted by molar-refractivity contribution is 5.77. The Morgan fingerprint density at radius 2 is 2.15 bits per heavy atom. The smallest absolute Gasteiger partial charge is 0.404 e. The predicted molar refractivity (Wildman–Crippen MR) is 77.1 cm³/mol. The number of nitrogens with zero attached hydrogens (tertiary/aromatic N) is 2. The fourth-order valence-electron chi connectivity index (χ4n) is 2.67. The zero-order valence-corrected chi connectivity index (χ0v) is 11.2. The van der Waals surface area contributed by atoms with Crippen LogP contribution in [-0.2, 0) is 0 Å². The lowest BCUT2D eigenvalue weighted by Crippen LogP contribution is -2.38. The standard InChI is InChI=1S/C14H18N4O2/c19-14(20)15-9-10-5-7-18(8-6-10)13-16-11-3-1-2-4-12(11)17-13/h1-4,10,15H,5-9H2,(H,16,17)(H,19,20). The summed E-state index contributed by atoms with van der Waals surface area (Å²) in [4.78, 5) is 20.7. The van der Waals surface area contributed by atoms with E-state index in [1.807, 2.05) is 24.3 Å². The molecular weight excluding hydrogens is 256 g/mol. The molecule has 1 aliphatic heterocycles. The molecule has 0 atom stereocenters. The Balaban J connectivity index is 1.61. The van der Waals surface area contributed by atoms with Gasteiger partial charge in [0.1, 0.15) is 0 Å². The van der Waals surface area contributed by atoms with Crippen molar-refractivity contribution in [1.82, 2.24) is 15.3 Å². The average molecular weight is 274 g/mol. The van der Waals surface area contributed by atoms with E-state index in [9.17, 15) is 4.79 Å². The van der Waals surface area contributed by atoms with E-state index in [-0.39, 0.29) is 0 Å². The maximum atomic E-state index is 10.5. The lowest BCUT2D eigenvalue weighted by Gasteiger charge is -2.31. The Morgan fingerprint density at radius 1 is 1.40 bits per heavy atom. The number of carbonyl (C=O) groups is 1. The number of hydrogen-bond donors (Lipinski definition) is 3. The van der Waals surface area contributed by atoms with Gasteiger partial charge in [0.2, 0.25) is 5.95 Å². The van der Waals surface area contributed by atoms with E-state index in [0.717, 1.165) is 42.9 Å². The average Bonchev–Trinajstić information content (AvgIpc) is 2.89. The van der Waals surface area contributed by atoms with E-state index >= 15 is 0 Å². The summed E-state index contributed by atoms with van der Waals surface area (Å²) in [7, 11) is 0. The number of anilines is 1. The summed E-state index contributed by atoms with van der Waals surface area (Å²) in [6, 6.07) is 8.00. The molecular formula is C14H18N4O2. The molecule has 0 spiro atoms. The molecule has 1 aromatic heterocycles. The summed E-state index contributed by atoms with van der Waals surface area (Å²) < 4.78 is 0. The molecule has 3 N–H and O–H groups in total. The molecule has 0 saturated carbocycles. The number of H-pyrrole nitrogens is 1. The molecule has 106 valence electrons. The van der Waals surface area contributed by atoms with Crippen molar-refractivity contribution >= 4 is 23.1 Å². The number of carboxylic acid groups (broad SMARTS) is 1. The Kier molecular flexibility index (Phi) is 3.45. The van der Waals surface area contributed by atoms with Gasteiger partial charge in [-0.25, -0.2) is 9.78 Å². The first-order valence-electron chi connectivity index (χ1n) is 6.89. The summed E-state index contributed by atoms with van der Waals surface area (Å²) in [5.41, 5.74) is 2.04. The number of aromatic nitrogens is 2. The summed E-state index contributed by atoms with van der Waals surface area (Å²) in [6.07, 6.45) is 1.03. The van der Waals surface area contributed by atoms with E-state index in [1.165, 1.54) is 0 Å². The van der Waals surface area contributed by atoms with Crippen LogP contribution in [0.4, 0.5) is 10.7 Å². The Labute approximate surface area is 116 Å². The number of nitrogens with one attached hydrogen (secondary N) is 2. The quantitative estimate of drug-likeness (QED) is 0.800. The van der Waals surface area contributed by atoms with E-state index in [0.29, 0.717) is 12.5 Å². The van der Waals surface area contributed by atoms with Gasteiger partial charge in [-0.3, -0.25) is 0 Å². The molecule has 0 bridgehead atoms. The molecule has 2 aromatic rings. The lowest BCUT2D eigenvalue weighted by atomic mass is 9.97. The number of hydrogen-bond acceptors (Lipinski definition) is 3. The first-order chi connectivity index (χ1) is 9.72. The maximum absolute atomic E-state index is 10.5. The third kappa shape index (κ3) is 2.68. The molecule has 0 unspecified atom stereocenters. The number of fused-ring (bicyclic) bond motifs is 1. The van der Waals surface area contributed by atoms with Crippen LogP contribution in [0.5, 0.6) is 0 Å². The second-order valence-electron chi connectivity index (χ2n) is 5.19. The zero-order valence-electron chi connectivity index (χ0n) is 11.2. The van der Waals surface area contributed by atoms with Crippen molar-refractivity contribution in [3.63, 3.8) is 0 Å². The Hall–Kier alpha value is -2.24. The second-order valence-corrected chi connectivity index (χ2v) is 5.19. The van der Waals surface area contributed by atoms with E-state index in [4.69, 9.17) is 5.11 Å². The van der Waals surface area contributed by atoms with Crippen LogP contribution in [0.3, 0.4) is 0 Å². The first-order valence-corrected chi connectivity index (χ1v) is 6.89. The van der Waals surface area contributed by atoms with Crippen LogP contribution in [0.25, 0.3) is 11.0 Å². The zero-order chi connectivity index (χ0) is 13.9. The summed E-state index contributed by atoms with van der Waals surface area (Å²) in [6.45, 7) is 2.36. The van der Waals surface area contributed by atoms with Crippen LogP contribution < -0.4 is 10.2 Å². The topological polar surface area (TPSA) is 81.2 Å². The normalized spacial score (nSPS) is 16.5. The number of piperidine rings is 1. The van der Waals surface area contributed by atoms with Crippen LogP contribution in [0.15, 0.2) is 24.3 Å².